The Bertz CT molecular complexity index is 1920. The summed E-state index contributed by atoms with van der Waals surface area (Å²) < 4.78 is 81.0. The van der Waals surface area contributed by atoms with Crippen LogP contribution in [0.15, 0.2) is 43.7 Å². The van der Waals surface area contributed by atoms with E-state index in [4.69, 9.17) is 9.47 Å². The number of phosphoric ester groups is 2. The van der Waals surface area contributed by atoms with Crippen LogP contribution in [0.4, 0.5) is 0 Å². The second kappa shape index (κ2) is 14.5. The summed E-state index contributed by atoms with van der Waals surface area (Å²) in [6.07, 6.45) is -9.59. The molecule has 0 amide bonds. The predicted molar refractivity (Wildman–Crippen MR) is 148 cm³/mol. The van der Waals surface area contributed by atoms with Gasteiger partial charge in [-0.25, -0.2) is 27.8 Å². The van der Waals surface area contributed by atoms with Crippen molar-refractivity contribution in [3.8, 4) is 0 Å². The van der Waals surface area contributed by atoms with Gasteiger partial charge in [0.1, 0.15) is 30.6 Å². The van der Waals surface area contributed by atoms with Crippen molar-refractivity contribution in [1.29, 1.82) is 0 Å². The molecule has 30 heteroatoms. The standard InChI is InChI=1S/C18H26N4O22P4/c23-8-5-13(21-3-1-11(24)19-17(21)28)40-9(8)6-38-45(30,31)42-47(34,35)44-48(36,37)43-46(32,33)39-7-10-14(26)15(27)16(41-10)22-4-2-12(25)20-18(22)29/h1-4,8-10,13-16,23,26-27H,5-7H2,(H,30,31)(H,32,33)(H,34,35)(H,36,37)(H,19,24,28)(H,20,25,29)/t8-,9+,10+,13+,14+,15+,16+/m0/s1. The first-order chi connectivity index (χ1) is 22.1. The number of aliphatic hydroxyl groups is 3. The molecule has 26 nitrogen and oxygen atoms in total. The third kappa shape index (κ3) is 9.91. The van der Waals surface area contributed by atoms with E-state index in [0.717, 1.165) is 29.1 Å². The molecule has 48 heavy (non-hydrogen) atoms. The van der Waals surface area contributed by atoms with E-state index in [0.29, 0.717) is 4.57 Å². The van der Waals surface area contributed by atoms with Crippen LogP contribution < -0.4 is 22.5 Å². The number of nitrogens with zero attached hydrogens (tertiary/aromatic N) is 2. The highest BCUT2D eigenvalue weighted by Crippen LogP contribution is 2.71. The number of hydrogen-bond donors (Lipinski definition) is 9. The van der Waals surface area contributed by atoms with Crippen LogP contribution in [-0.2, 0) is 49.7 Å². The van der Waals surface area contributed by atoms with Gasteiger partial charge in [0, 0.05) is 30.9 Å². The van der Waals surface area contributed by atoms with Crippen molar-refractivity contribution in [3.63, 3.8) is 0 Å². The van der Waals surface area contributed by atoms with Gasteiger partial charge in [-0.2, -0.15) is 12.9 Å². The molecule has 0 spiro atoms. The first-order valence-corrected chi connectivity index (χ1v) is 18.8. The summed E-state index contributed by atoms with van der Waals surface area (Å²) in [4.78, 5) is 89.1. The highest BCUT2D eigenvalue weighted by Gasteiger charge is 2.49. The predicted octanol–water partition coefficient (Wildman–Crippen LogP) is -3.16. The molecule has 0 bridgehead atoms. The van der Waals surface area contributed by atoms with Gasteiger partial charge in [0.15, 0.2) is 6.23 Å². The van der Waals surface area contributed by atoms with Crippen molar-refractivity contribution in [2.45, 2.75) is 49.4 Å². The lowest BCUT2D eigenvalue weighted by atomic mass is 10.1. The van der Waals surface area contributed by atoms with E-state index in [-0.39, 0.29) is 6.42 Å². The normalized spacial score (nSPS) is 31.0. The fourth-order valence-electron chi connectivity index (χ4n) is 4.22. The molecule has 0 aliphatic carbocycles. The van der Waals surface area contributed by atoms with E-state index < -0.39 is 110 Å². The van der Waals surface area contributed by atoms with Crippen LogP contribution in [0.5, 0.6) is 0 Å². The Morgan fingerprint density at radius 1 is 0.688 bits per heavy atom. The van der Waals surface area contributed by atoms with Gasteiger partial charge in [0.25, 0.3) is 11.1 Å². The van der Waals surface area contributed by atoms with E-state index >= 15 is 0 Å². The first kappa shape index (κ1) is 38.5. The van der Waals surface area contributed by atoms with Crippen LogP contribution in [0.25, 0.3) is 0 Å². The zero-order chi connectivity index (χ0) is 35.8. The number of hydrogen-bond acceptors (Lipinski definition) is 18. The van der Waals surface area contributed by atoms with Crippen molar-refractivity contribution in [2.24, 2.45) is 0 Å². The van der Waals surface area contributed by atoms with Crippen LogP contribution in [0.2, 0.25) is 0 Å². The summed E-state index contributed by atoms with van der Waals surface area (Å²) in [5.41, 5.74) is -3.51. The number of H-pyrrole nitrogens is 2. The molecule has 4 heterocycles. The lowest BCUT2D eigenvalue weighted by molar-refractivity contribution is -0.0542. The smallest absolute Gasteiger partial charge is 0.390 e. The maximum absolute atomic E-state index is 12.2. The number of aromatic nitrogens is 4. The van der Waals surface area contributed by atoms with Gasteiger partial charge in [0.05, 0.1) is 19.3 Å². The van der Waals surface area contributed by atoms with Gasteiger partial charge in [-0.15, -0.1) is 0 Å². The summed E-state index contributed by atoms with van der Waals surface area (Å²) in [6, 6.07) is 1.84. The largest absolute Gasteiger partial charge is 0.490 e. The lowest BCUT2D eigenvalue weighted by Gasteiger charge is -2.21. The molecule has 2 aliphatic rings. The average molecular weight is 774 g/mol. The van der Waals surface area contributed by atoms with Crippen LogP contribution in [-0.4, -0.2) is 97.7 Å². The van der Waals surface area contributed by atoms with E-state index in [9.17, 15) is 72.3 Å². The quantitative estimate of drug-likeness (QED) is 0.0855. The molecule has 2 aromatic rings. The summed E-state index contributed by atoms with van der Waals surface area (Å²) in [5.74, 6) is 0. The van der Waals surface area contributed by atoms with Gasteiger partial charge in [-0.1, -0.05) is 0 Å². The van der Waals surface area contributed by atoms with Crippen LogP contribution >= 0.6 is 31.3 Å². The molecule has 2 aliphatic heterocycles. The Labute approximate surface area is 264 Å². The average Bonchev–Trinajstić information content (AvgIpc) is 3.42. The number of nitrogens with one attached hydrogen (secondary N) is 2. The number of phosphoric acid groups is 4. The summed E-state index contributed by atoms with van der Waals surface area (Å²) in [7, 11) is -23.9. The minimum absolute atomic E-state index is 0.283. The molecule has 2 saturated heterocycles. The summed E-state index contributed by atoms with van der Waals surface area (Å²) in [6.45, 7) is -2.24. The fourth-order valence-corrected chi connectivity index (χ4v) is 9.17. The summed E-state index contributed by atoms with van der Waals surface area (Å²) >= 11 is 0. The van der Waals surface area contributed by atoms with Gasteiger partial charge >= 0.3 is 42.7 Å². The van der Waals surface area contributed by atoms with Crippen molar-refractivity contribution in [3.05, 3.63) is 66.2 Å². The lowest BCUT2D eigenvalue weighted by Crippen LogP contribution is -2.37. The van der Waals surface area contributed by atoms with Crippen LogP contribution in [0, 0.1) is 0 Å². The minimum atomic E-state index is -6.20. The van der Waals surface area contributed by atoms with E-state index in [2.05, 4.69) is 22.0 Å². The molecular formula is C18H26N4O22P4. The molecule has 4 rings (SSSR count). The highest BCUT2D eigenvalue weighted by molar-refractivity contribution is 7.69. The molecule has 0 saturated carbocycles. The van der Waals surface area contributed by atoms with E-state index in [1.54, 1.807) is 0 Å². The Balaban J connectivity index is 1.29. The maximum atomic E-state index is 12.2. The zero-order valence-electron chi connectivity index (χ0n) is 23.4. The number of ether oxygens (including phenoxy) is 2. The first-order valence-electron chi connectivity index (χ1n) is 12.8. The molecule has 270 valence electrons. The molecule has 2 fully saturated rings. The Kier molecular flexibility index (Phi) is 11.7. The molecule has 9 N–H and O–H groups in total. The molecule has 0 aromatic carbocycles. The van der Waals surface area contributed by atoms with Gasteiger partial charge in [0.2, 0.25) is 0 Å². The molecule has 0 radical (unpaired) electrons. The molecule has 2 aromatic heterocycles. The Hall–Kier alpha value is -2.28. The topological polar surface area (TPSA) is 384 Å². The third-order valence-electron chi connectivity index (χ3n) is 6.25. The highest BCUT2D eigenvalue weighted by atomic mass is 31.3. The van der Waals surface area contributed by atoms with Crippen molar-refractivity contribution < 1.29 is 84.6 Å². The molecule has 4 unspecified atom stereocenters. The van der Waals surface area contributed by atoms with Crippen molar-refractivity contribution >= 4 is 31.3 Å². The number of aromatic amines is 2. The van der Waals surface area contributed by atoms with E-state index in [1.165, 1.54) is 0 Å². The number of rotatable bonds is 14. The Morgan fingerprint density at radius 2 is 1.15 bits per heavy atom. The van der Waals surface area contributed by atoms with Gasteiger partial charge < -0.3 is 44.4 Å². The molecular weight excluding hydrogens is 748 g/mol. The van der Waals surface area contributed by atoms with Crippen molar-refractivity contribution in [2.75, 3.05) is 13.2 Å². The zero-order valence-corrected chi connectivity index (χ0v) is 27.0. The fraction of sp³-hybridized carbons (Fsp3) is 0.556. The van der Waals surface area contributed by atoms with Gasteiger partial charge in [-0.3, -0.25) is 37.7 Å². The van der Waals surface area contributed by atoms with E-state index in [1.807, 2.05) is 9.97 Å². The monoisotopic (exact) mass is 774 g/mol. The van der Waals surface area contributed by atoms with Crippen molar-refractivity contribution in [1.82, 2.24) is 19.1 Å². The number of aliphatic hydroxyl groups excluding tert-OH is 3. The third-order valence-corrected chi connectivity index (χ3v) is 12.2. The van der Waals surface area contributed by atoms with Crippen LogP contribution in [0.3, 0.4) is 0 Å². The molecule has 11 atom stereocenters. The second-order valence-corrected chi connectivity index (χ2v) is 15.9. The van der Waals surface area contributed by atoms with Crippen LogP contribution in [0.1, 0.15) is 18.9 Å². The van der Waals surface area contributed by atoms with Gasteiger partial charge in [-0.05, 0) is 0 Å². The Morgan fingerprint density at radius 3 is 1.65 bits per heavy atom. The second-order valence-electron chi connectivity index (χ2n) is 9.72. The minimum Gasteiger partial charge on any atom is -0.390 e. The summed E-state index contributed by atoms with van der Waals surface area (Å²) in [5, 5.41) is 30.5. The maximum Gasteiger partial charge on any atom is 0.490 e. The SMILES string of the molecule is O=c1ccn([C@@H]2O[C@H](COP(=O)(O)OP(=O)(O)OP(=O)(O)OP(=O)(O)OC[C@H]3O[C@@H](n4ccc(=O)[nH]c4=O)C[C@@H]3O)[C@@H](O)[C@H]2O)c(=O)[nH]1.